The van der Waals surface area contributed by atoms with E-state index in [9.17, 15) is 22.0 Å². The monoisotopic (exact) mass is 406 g/mol. The topological polar surface area (TPSA) is 18.5 Å². The van der Waals surface area contributed by atoms with Crippen LogP contribution in [0.3, 0.4) is 0 Å². The van der Waals surface area contributed by atoms with Crippen molar-refractivity contribution in [2.24, 2.45) is 17.8 Å². The molecule has 0 amide bonds. The van der Waals surface area contributed by atoms with Crippen LogP contribution in [-0.2, 0) is 4.74 Å². The van der Waals surface area contributed by atoms with Crippen molar-refractivity contribution in [1.29, 1.82) is 0 Å². The van der Waals surface area contributed by atoms with E-state index in [0.717, 1.165) is 32.8 Å². The van der Waals surface area contributed by atoms with E-state index < -0.39 is 40.8 Å². The summed E-state index contributed by atoms with van der Waals surface area (Å²) in [5.41, 5.74) is -0.464. The molecule has 2 nitrogen and oxygen atoms in total. The van der Waals surface area contributed by atoms with E-state index in [2.05, 4.69) is 11.7 Å². The molecule has 0 aromatic heterocycles. The quantitative estimate of drug-likeness (QED) is 0.416. The Hall–Kier alpha value is -1.37. The van der Waals surface area contributed by atoms with Gasteiger partial charge in [-0.3, -0.25) is 0 Å². The van der Waals surface area contributed by atoms with E-state index in [1.165, 1.54) is 0 Å². The van der Waals surface area contributed by atoms with Gasteiger partial charge in [-0.2, -0.15) is 8.78 Å². The summed E-state index contributed by atoms with van der Waals surface area (Å²) in [4.78, 5) is 0. The number of rotatable bonds is 5. The van der Waals surface area contributed by atoms with E-state index >= 15 is 0 Å². The van der Waals surface area contributed by atoms with Gasteiger partial charge in [0.2, 0.25) is 0 Å². The molecule has 28 heavy (non-hydrogen) atoms. The maximum absolute atomic E-state index is 14.6. The molecule has 3 rings (SSSR count). The Morgan fingerprint density at radius 1 is 1.04 bits per heavy atom. The molecule has 1 heterocycles. The van der Waals surface area contributed by atoms with Crippen LogP contribution < -0.4 is 4.74 Å². The summed E-state index contributed by atoms with van der Waals surface area (Å²) in [6.07, 6.45) is 1.43. The molecule has 2 unspecified atom stereocenters. The van der Waals surface area contributed by atoms with Gasteiger partial charge in [-0.05, 0) is 57.3 Å². The Balaban J connectivity index is 1.59. The summed E-state index contributed by atoms with van der Waals surface area (Å²) in [5, 5.41) is 0. The third-order valence-electron chi connectivity index (χ3n) is 6.36. The molecule has 0 N–H and O–H groups in total. The molecule has 1 saturated carbocycles. The summed E-state index contributed by atoms with van der Waals surface area (Å²) >= 11 is 0. The largest absolute Gasteiger partial charge is 0.432 e. The van der Waals surface area contributed by atoms with Crippen molar-refractivity contribution in [2.45, 2.75) is 71.0 Å². The summed E-state index contributed by atoms with van der Waals surface area (Å²) in [6, 6.07) is 0.479. The fraction of sp³-hybridized carbons (Fsp3) is 0.714. The average molecular weight is 406 g/mol. The fourth-order valence-electron chi connectivity index (χ4n) is 4.35. The summed E-state index contributed by atoms with van der Waals surface area (Å²) in [5.74, 6) is -5.60. The van der Waals surface area contributed by atoms with Crippen LogP contribution in [0.5, 0.6) is 5.75 Å². The van der Waals surface area contributed by atoms with Gasteiger partial charge in [-0.25, -0.2) is 13.2 Å². The van der Waals surface area contributed by atoms with Gasteiger partial charge in [0.1, 0.15) is 5.75 Å². The Bertz CT molecular complexity index is 678. The third kappa shape index (κ3) is 4.44. The van der Waals surface area contributed by atoms with Gasteiger partial charge < -0.3 is 9.47 Å². The highest BCUT2D eigenvalue weighted by atomic mass is 19.3. The minimum absolute atomic E-state index is 0.126. The summed E-state index contributed by atoms with van der Waals surface area (Å²) in [6.45, 7) is 3.97. The highest BCUT2D eigenvalue weighted by Gasteiger charge is 2.45. The van der Waals surface area contributed by atoms with E-state index in [0.29, 0.717) is 24.8 Å². The number of alkyl halides is 2. The predicted molar refractivity (Wildman–Crippen MR) is 94.8 cm³/mol. The first kappa shape index (κ1) is 21.3. The Kier molecular flexibility index (Phi) is 6.52. The van der Waals surface area contributed by atoms with Crippen molar-refractivity contribution in [3.05, 3.63) is 29.1 Å². The average Bonchev–Trinajstić information content (AvgIpc) is 2.70. The van der Waals surface area contributed by atoms with Gasteiger partial charge in [-0.1, -0.05) is 13.3 Å². The summed E-state index contributed by atoms with van der Waals surface area (Å²) < 4.78 is 80.1. The molecule has 0 radical (unpaired) electrons. The lowest BCUT2D eigenvalue weighted by Crippen LogP contribution is -2.40. The molecule has 1 aromatic rings. The molecule has 0 spiro atoms. The normalized spacial score (nSPS) is 29.0. The van der Waals surface area contributed by atoms with Crippen LogP contribution in [0.2, 0.25) is 0 Å². The predicted octanol–water partition coefficient (Wildman–Crippen LogP) is 6.40. The second kappa shape index (κ2) is 8.56. The second-order valence-electron chi connectivity index (χ2n) is 8.11. The van der Waals surface area contributed by atoms with E-state index in [4.69, 9.17) is 4.74 Å². The standard InChI is InChI=1S/C21H27F5O2/c1-3-13-4-9-17(27-11-13)14-5-7-15(8-6-14)21(25,26)28-18-10-16(22)20(24)19(23)12(18)2/h10,13-15,17H,3-9,11H2,1-2H3. The van der Waals surface area contributed by atoms with Gasteiger partial charge >= 0.3 is 6.11 Å². The first-order chi connectivity index (χ1) is 13.2. The SMILES string of the molecule is CCC1CCC(C2CCC(C(F)(F)Oc3cc(F)c(F)c(F)c3C)CC2)OC1. The van der Waals surface area contributed by atoms with Crippen molar-refractivity contribution >= 4 is 0 Å². The first-order valence-corrected chi connectivity index (χ1v) is 10.0. The minimum atomic E-state index is -3.58. The maximum Gasteiger partial charge on any atom is 0.400 e. The van der Waals surface area contributed by atoms with Gasteiger partial charge in [-0.15, -0.1) is 0 Å². The molecular weight excluding hydrogens is 379 g/mol. The highest BCUT2D eigenvalue weighted by Crippen LogP contribution is 2.43. The van der Waals surface area contributed by atoms with E-state index in [1.54, 1.807) is 0 Å². The van der Waals surface area contributed by atoms with Crippen LogP contribution in [0.1, 0.15) is 57.4 Å². The number of hydrogen-bond acceptors (Lipinski definition) is 2. The Labute approximate surface area is 162 Å². The number of benzene rings is 1. The molecule has 158 valence electrons. The van der Waals surface area contributed by atoms with Crippen molar-refractivity contribution in [1.82, 2.24) is 0 Å². The molecule has 2 aliphatic rings. The van der Waals surface area contributed by atoms with Crippen molar-refractivity contribution in [3.8, 4) is 5.75 Å². The Morgan fingerprint density at radius 2 is 1.71 bits per heavy atom. The highest BCUT2D eigenvalue weighted by molar-refractivity contribution is 5.35. The minimum Gasteiger partial charge on any atom is -0.432 e. The Morgan fingerprint density at radius 3 is 2.29 bits per heavy atom. The number of hydrogen-bond donors (Lipinski definition) is 0. The van der Waals surface area contributed by atoms with Crippen molar-refractivity contribution in [3.63, 3.8) is 0 Å². The molecule has 1 aliphatic carbocycles. The molecule has 1 aliphatic heterocycles. The smallest absolute Gasteiger partial charge is 0.400 e. The molecule has 0 bridgehead atoms. The van der Waals surface area contributed by atoms with E-state index in [1.807, 2.05) is 0 Å². The zero-order valence-corrected chi connectivity index (χ0v) is 16.2. The fourth-order valence-corrected chi connectivity index (χ4v) is 4.35. The van der Waals surface area contributed by atoms with Crippen molar-refractivity contribution < 1.29 is 31.4 Å². The lowest BCUT2D eigenvalue weighted by Gasteiger charge is -2.39. The van der Waals surface area contributed by atoms with E-state index in [-0.39, 0.29) is 24.9 Å². The lowest BCUT2D eigenvalue weighted by atomic mass is 9.76. The molecule has 2 atom stereocenters. The van der Waals surface area contributed by atoms with Gasteiger partial charge in [0.25, 0.3) is 0 Å². The van der Waals surface area contributed by atoms with Crippen LogP contribution in [0.15, 0.2) is 6.07 Å². The zero-order chi connectivity index (χ0) is 20.5. The lowest BCUT2D eigenvalue weighted by molar-refractivity contribution is -0.226. The van der Waals surface area contributed by atoms with Gasteiger partial charge in [0.15, 0.2) is 17.5 Å². The van der Waals surface area contributed by atoms with Crippen LogP contribution >= 0.6 is 0 Å². The third-order valence-corrected chi connectivity index (χ3v) is 6.36. The maximum atomic E-state index is 14.6. The van der Waals surface area contributed by atoms with Crippen LogP contribution in [0.25, 0.3) is 0 Å². The van der Waals surface area contributed by atoms with Crippen LogP contribution in [-0.4, -0.2) is 18.8 Å². The second-order valence-corrected chi connectivity index (χ2v) is 8.11. The first-order valence-electron chi connectivity index (χ1n) is 10.0. The summed E-state index contributed by atoms with van der Waals surface area (Å²) in [7, 11) is 0. The molecular formula is C21H27F5O2. The number of halogens is 5. The van der Waals surface area contributed by atoms with Crippen LogP contribution in [0, 0.1) is 42.1 Å². The zero-order valence-electron chi connectivity index (χ0n) is 16.2. The molecule has 2 fully saturated rings. The van der Waals surface area contributed by atoms with Gasteiger partial charge in [0, 0.05) is 18.2 Å². The molecule has 1 saturated heterocycles. The molecule has 7 heteroatoms. The molecule has 1 aromatic carbocycles. The van der Waals surface area contributed by atoms with Crippen LogP contribution in [0.4, 0.5) is 22.0 Å². The number of ether oxygens (including phenoxy) is 2. The van der Waals surface area contributed by atoms with Gasteiger partial charge in [0.05, 0.1) is 12.0 Å². The van der Waals surface area contributed by atoms with Crippen molar-refractivity contribution in [2.75, 3.05) is 6.61 Å².